The maximum Gasteiger partial charge on any atom is 0.130 e. The fourth-order valence-electron chi connectivity index (χ4n) is 3.37. The molecule has 0 amide bonds. The second-order valence-corrected chi connectivity index (χ2v) is 7.46. The van der Waals surface area contributed by atoms with Gasteiger partial charge in [-0.15, -0.1) is 0 Å². The van der Waals surface area contributed by atoms with Crippen molar-refractivity contribution < 1.29 is 0 Å². The van der Waals surface area contributed by atoms with Crippen molar-refractivity contribution in [3.8, 4) is 0 Å². The van der Waals surface area contributed by atoms with E-state index in [-0.39, 0.29) is 0 Å². The van der Waals surface area contributed by atoms with E-state index in [1.165, 1.54) is 37.7 Å². The van der Waals surface area contributed by atoms with Gasteiger partial charge in [0.15, 0.2) is 0 Å². The number of nitrogens with zero attached hydrogens (tertiary/aromatic N) is 2. The summed E-state index contributed by atoms with van der Waals surface area (Å²) in [5, 5.41) is 5.24. The highest BCUT2D eigenvalue weighted by molar-refractivity contribution is 9.09. The van der Waals surface area contributed by atoms with Crippen LogP contribution in [0.2, 0.25) is 5.15 Å². The third-order valence-corrected chi connectivity index (χ3v) is 6.11. The number of hydrogen-bond acceptors (Lipinski definition) is 1. The van der Waals surface area contributed by atoms with Crippen molar-refractivity contribution in [1.29, 1.82) is 0 Å². The number of alkyl halides is 1. The zero-order valence-corrected chi connectivity index (χ0v) is 14.5. The molecule has 2 rings (SSSR count). The summed E-state index contributed by atoms with van der Waals surface area (Å²) in [5.41, 5.74) is 2.33. The second kappa shape index (κ2) is 6.62. The van der Waals surface area contributed by atoms with E-state index in [0.717, 1.165) is 23.2 Å². The molecule has 1 heterocycles. The fourth-order valence-corrected chi connectivity index (χ4v) is 4.29. The molecule has 108 valence electrons. The van der Waals surface area contributed by atoms with Gasteiger partial charge in [0.2, 0.25) is 0 Å². The van der Waals surface area contributed by atoms with Gasteiger partial charge in [-0.25, -0.2) is 0 Å². The molecule has 0 saturated heterocycles. The van der Waals surface area contributed by atoms with Gasteiger partial charge in [-0.05, 0) is 44.4 Å². The summed E-state index contributed by atoms with van der Waals surface area (Å²) in [6.45, 7) is 4.36. The molecular formula is C15H24BrClN2. The van der Waals surface area contributed by atoms with Crippen molar-refractivity contribution in [2.45, 2.75) is 57.2 Å². The van der Waals surface area contributed by atoms with Crippen LogP contribution in [0.3, 0.4) is 0 Å². The summed E-state index contributed by atoms with van der Waals surface area (Å²) in [6, 6.07) is 0. The van der Waals surface area contributed by atoms with Gasteiger partial charge in [0, 0.05) is 17.4 Å². The van der Waals surface area contributed by atoms with E-state index in [1.807, 2.05) is 7.05 Å². The van der Waals surface area contributed by atoms with Gasteiger partial charge in [0.25, 0.3) is 0 Å². The number of aryl methyl sites for hydroxylation is 2. The van der Waals surface area contributed by atoms with Crippen molar-refractivity contribution in [3.05, 3.63) is 16.4 Å². The van der Waals surface area contributed by atoms with Gasteiger partial charge in [0.1, 0.15) is 5.15 Å². The molecule has 2 nitrogen and oxygen atoms in total. The molecule has 4 heteroatoms. The van der Waals surface area contributed by atoms with Gasteiger partial charge in [-0.1, -0.05) is 47.3 Å². The quantitative estimate of drug-likeness (QED) is 0.708. The molecule has 0 aromatic carbocycles. The number of halogens is 2. The number of aromatic nitrogens is 2. The SMILES string of the molecule is CCCC1CCC(Br)C(Cc2c(C)nn(C)c2Cl)C1. The average Bonchev–Trinajstić information content (AvgIpc) is 2.60. The Morgan fingerprint density at radius 2 is 2.16 bits per heavy atom. The first-order chi connectivity index (χ1) is 9.02. The predicted molar refractivity (Wildman–Crippen MR) is 85.1 cm³/mol. The molecule has 1 aliphatic carbocycles. The van der Waals surface area contributed by atoms with Crippen molar-refractivity contribution in [1.82, 2.24) is 9.78 Å². The molecule has 0 N–H and O–H groups in total. The van der Waals surface area contributed by atoms with E-state index >= 15 is 0 Å². The lowest BCUT2D eigenvalue weighted by molar-refractivity contribution is 0.263. The molecule has 1 fully saturated rings. The molecule has 3 atom stereocenters. The smallest absolute Gasteiger partial charge is 0.130 e. The van der Waals surface area contributed by atoms with Crippen LogP contribution in [0.5, 0.6) is 0 Å². The maximum absolute atomic E-state index is 6.36. The maximum atomic E-state index is 6.36. The van der Waals surface area contributed by atoms with Crippen molar-refractivity contribution in [2.24, 2.45) is 18.9 Å². The van der Waals surface area contributed by atoms with Crippen LogP contribution >= 0.6 is 27.5 Å². The third-order valence-electron chi connectivity index (χ3n) is 4.43. The Hall–Kier alpha value is -0.0200. The second-order valence-electron chi connectivity index (χ2n) is 5.93. The van der Waals surface area contributed by atoms with E-state index < -0.39 is 0 Å². The molecule has 1 aliphatic rings. The highest BCUT2D eigenvalue weighted by atomic mass is 79.9. The van der Waals surface area contributed by atoms with Crippen LogP contribution in [0, 0.1) is 18.8 Å². The molecular weight excluding hydrogens is 324 g/mol. The predicted octanol–water partition coefficient (Wildman–Crippen LogP) is 4.90. The van der Waals surface area contributed by atoms with E-state index in [4.69, 9.17) is 11.6 Å². The highest BCUT2D eigenvalue weighted by Gasteiger charge is 2.30. The Balaban J connectivity index is 2.07. The van der Waals surface area contributed by atoms with Crippen LogP contribution in [-0.2, 0) is 13.5 Å². The van der Waals surface area contributed by atoms with Crippen LogP contribution in [-0.4, -0.2) is 14.6 Å². The molecule has 0 spiro atoms. The lowest BCUT2D eigenvalue weighted by Crippen LogP contribution is -2.27. The summed E-state index contributed by atoms with van der Waals surface area (Å²) in [7, 11) is 1.92. The molecule has 19 heavy (non-hydrogen) atoms. The summed E-state index contributed by atoms with van der Waals surface area (Å²) in [5.74, 6) is 1.60. The molecule has 0 aliphatic heterocycles. The van der Waals surface area contributed by atoms with Crippen molar-refractivity contribution in [3.63, 3.8) is 0 Å². The zero-order valence-electron chi connectivity index (χ0n) is 12.1. The molecule has 0 bridgehead atoms. The topological polar surface area (TPSA) is 17.8 Å². The Labute approximate surface area is 130 Å². The summed E-state index contributed by atoms with van der Waals surface area (Å²) in [4.78, 5) is 0.635. The minimum atomic E-state index is 0.635. The van der Waals surface area contributed by atoms with E-state index in [0.29, 0.717) is 10.7 Å². The van der Waals surface area contributed by atoms with E-state index in [9.17, 15) is 0 Å². The average molecular weight is 348 g/mol. The zero-order chi connectivity index (χ0) is 14.0. The monoisotopic (exact) mass is 346 g/mol. The minimum absolute atomic E-state index is 0.635. The molecule has 1 aromatic heterocycles. The van der Waals surface area contributed by atoms with Crippen LogP contribution < -0.4 is 0 Å². The summed E-state index contributed by atoms with van der Waals surface area (Å²) >= 11 is 10.2. The third kappa shape index (κ3) is 3.55. The Kier molecular flexibility index (Phi) is 5.36. The van der Waals surface area contributed by atoms with Crippen LogP contribution in [0.25, 0.3) is 0 Å². The van der Waals surface area contributed by atoms with Crippen LogP contribution in [0.15, 0.2) is 0 Å². The van der Waals surface area contributed by atoms with Gasteiger partial charge < -0.3 is 0 Å². The van der Waals surface area contributed by atoms with Crippen molar-refractivity contribution >= 4 is 27.5 Å². The van der Waals surface area contributed by atoms with Crippen molar-refractivity contribution in [2.75, 3.05) is 0 Å². The standard InChI is InChI=1S/C15H24BrClN2/c1-4-5-11-6-7-14(16)12(8-11)9-13-10(2)18-19(3)15(13)17/h11-12,14H,4-9H2,1-3H3. The molecule has 0 radical (unpaired) electrons. The molecule has 1 saturated carbocycles. The summed E-state index contributed by atoms with van der Waals surface area (Å²) < 4.78 is 1.79. The number of rotatable bonds is 4. The lowest BCUT2D eigenvalue weighted by atomic mass is 9.77. The largest absolute Gasteiger partial charge is 0.257 e. The Morgan fingerprint density at radius 1 is 1.42 bits per heavy atom. The number of hydrogen-bond donors (Lipinski definition) is 0. The lowest BCUT2D eigenvalue weighted by Gasteiger charge is -2.33. The van der Waals surface area contributed by atoms with Crippen LogP contribution in [0.1, 0.15) is 50.3 Å². The summed E-state index contributed by atoms with van der Waals surface area (Å²) in [6.07, 6.45) is 7.74. The first-order valence-corrected chi connectivity index (χ1v) is 8.64. The van der Waals surface area contributed by atoms with E-state index in [1.54, 1.807) is 4.68 Å². The van der Waals surface area contributed by atoms with Gasteiger partial charge in [-0.3, -0.25) is 4.68 Å². The fraction of sp³-hybridized carbons (Fsp3) is 0.800. The van der Waals surface area contributed by atoms with E-state index in [2.05, 4.69) is 34.9 Å². The van der Waals surface area contributed by atoms with Crippen LogP contribution in [0.4, 0.5) is 0 Å². The Morgan fingerprint density at radius 3 is 2.74 bits per heavy atom. The first kappa shape index (κ1) is 15.4. The van der Waals surface area contributed by atoms with Gasteiger partial charge in [0.05, 0.1) is 5.69 Å². The van der Waals surface area contributed by atoms with Gasteiger partial charge >= 0.3 is 0 Å². The molecule has 3 unspecified atom stereocenters. The normalized spacial score (nSPS) is 27.7. The minimum Gasteiger partial charge on any atom is -0.257 e. The highest BCUT2D eigenvalue weighted by Crippen LogP contribution is 2.39. The first-order valence-electron chi connectivity index (χ1n) is 7.35. The Bertz CT molecular complexity index is 430. The van der Waals surface area contributed by atoms with Gasteiger partial charge in [-0.2, -0.15) is 5.10 Å². The molecule has 1 aromatic rings.